The van der Waals surface area contributed by atoms with Gasteiger partial charge in [0.25, 0.3) is 0 Å². The molecule has 0 fully saturated rings. The van der Waals surface area contributed by atoms with Crippen LogP contribution in [-0.4, -0.2) is 28.9 Å². The average molecular weight is 341 g/mol. The SMILES string of the molecule is CC(C)[C@H](NC(=O)/C=C/c1cnn(C)c1)c1ccc2c(c1)OCCO2. The minimum Gasteiger partial charge on any atom is -0.486 e. The minimum absolute atomic E-state index is 0.109. The Morgan fingerprint density at radius 2 is 2.04 bits per heavy atom. The molecule has 25 heavy (non-hydrogen) atoms. The first-order valence-electron chi connectivity index (χ1n) is 8.39. The normalized spacial score (nSPS) is 14.7. The number of hydrogen-bond acceptors (Lipinski definition) is 4. The van der Waals surface area contributed by atoms with Crippen molar-refractivity contribution >= 4 is 12.0 Å². The van der Waals surface area contributed by atoms with Crippen LogP contribution in [0.2, 0.25) is 0 Å². The number of nitrogens with zero attached hydrogens (tertiary/aromatic N) is 2. The van der Waals surface area contributed by atoms with Gasteiger partial charge in [-0.15, -0.1) is 0 Å². The van der Waals surface area contributed by atoms with Crippen LogP contribution in [0.25, 0.3) is 6.08 Å². The van der Waals surface area contributed by atoms with Gasteiger partial charge in [0.15, 0.2) is 11.5 Å². The van der Waals surface area contributed by atoms with Crippen molar-refractivity contribution in [1.82, 2.24) is 15.1 Å². The van der Waals surface area contributed by atoms with Crippen LogP contribution in [0.15, 0.2) is 36.7 Å². The number of ether oxygens (including phenoxy) is 2. The van der Waals surface area contributed by atoms with E-state index in [2.05, 4.69) is 24.3 Å². The number of aryl methyl sites for hydroxylation is 1. The van der Waals surface area contributed by atoms with E-state index in [4.69, 9.17) is 9.47 Å². The van der Waals surface area contributed by atoms with Crippen molar-refractivity contribution in [3.63, 3.8) is 0 Å². The highest BCUT2D eigenvalue weighted by Crippen LogP contribution is 2.34. The Hall–Kier alpha value is -2.76. The van der Waals surface area contributed by atoms with Gasteiger partial charge < -0.3 is 14.8 Å². The van der Waals surface area contributed by atoms with Crippen molar-refractivity contribution in [2.45, 2.75) is 19.9 Å². The predicted molar refractivity (Wildman–Crippen MR) is 95.4 cm³/mol. The molecule has 0 aliphatic carbocycles. The molecule has 0 spiro atoms. The highest BCUT2D eigenvalue weighted by atomic mass is 16.6. The summed E-state index contributed by atoms with van der Waals surface area (Å²) < 4.78 is 12.9. The maximum atomic E-state index is 12.3. The van der Waals surface area contributed by atoms with Gasteiger partial charge in [-0.05, 0) is 29.7 Å². The summed E-state index contributed by atoms with van der Waals surface area (Å²) in [5, 5.41) is 7.15. The summed E-state index contributed by atoms with van der Waals surface area (Å²) in [7, 11) is 1.84. The van der Waals surface area contributed by atoms with Crippen molar-refractivity contribution in [3.05, 3.63) is 47.8 Å². The molecule has 1 aliphatic rings. The van der Waals surface area contributed by atoms with Crippen LogP contribution in [0.3, 0.4) is 0 Å². The van der Waals surface area contributed by atoms with E-state index in [1.54, 1.807) is 17.0 Å². The molecule has 0 saturated heterocycles. The van der Waals surface area contributed by atoms with Crippen LogP contribution in [0.1, 0.15) is 31.0 Å². The molecule has 0 saturated carbocycles. The number of fused-ring (bicyclic) bond motifs is 1. The molecule has 1 amide bonds. The fourth-order valence-electron chi connectivity index (χ4n) is 2.79. The van der Waals surface area contributed by atoms with Gasteiger partial charge in [0.2, 0.25) is 5.91 Å². The van der Waals surface area contributed by atoms with Gasteiger partial charge in [-0.1, -0.05) is 19.9 Å². The van der Waals surface area contributed by atoms with Gasteiger partial charge in [0.1, 0.15) is 13.2 Å². The van der Waals surface area contributed by atoms with Gasteiger partial charge in [0, 0.05) is 24.9 Å². The topological polar surface area (TPSA) is 65.4 Å². The van der Waals surface area contributed by atoms with Crippen LogP contribution >= 0.6 is 0 Å². The van der Waals surface area contributed by atoms with Gasteiger partial charge in [-0.2, -0.15) is 5.10 Å². The molecule has 132 valence electrons. The average Bonchev–Trinajstić information content (AvgIpc) is 3.02. The third-order valence-corrected chi connectivity index (χ3v) is 4.04. The molecule has 6 heteroatoms. The summed E-state index contributed by atoms with van der Waals surface area (Å²) in [6, 6.07) is 5.71. The Kier molecular flexibility index (Phi) is 5.07. The number of amides is 1. The van der Waals surface area contributed by atoms with E-state index in [1.807, 2.05) is 31.4 Å². The Morgan fingerprint density at radius 3 is 2.72 bits per heavy atom. The van der Waals surface area contributed by atoms with E-state index in [9.17, 15) is 4.79 Å². The molecular formula is C19H23N3O3. The van der Waals surface area contributed by atoms with Crippen LogP contribution in [-0.2, 0) is 11.8 Å². The summed E-state index contributed by atoms with van der Waals surface area (Å²) in [5.41, 5.74) is 1.89. The molecule has 1 aromatic carbocycles. The van der Waals surface area contributed by atoms with E-state index in [1.165, 1.54) is 6.08 Å². The Morgan fingerprint density at radius 1 is 1.28 bits per heavy atom. The summed E-state index contributed by atoms with van der Waals surface area (Å²) in [6.07, 6.45) is 6.85. The third-order valence-electron chi connectivity index (χ3n) is 4.04. The Balaban J connectivity index is 1.72. The second kappa shape index (κ2) is 7.42. The fraction of sp³-hybridized carbons (Fsp3) is 0.368. The number of carbonyl (C=O) groups excluding carboxylic acids is 1. The molecular weight excluding hydrogens is 318 g/mol. The number of benzene rings is 1. The maximum absolute atomic E-state index is 12.3. The van der Waals surface area contributed by atoms with E-state index < -0.39 is 0 Å². The van der Waals surface area contributed by atoms with Crippen molar-refractivity contribution in [3.8, 4) is 11.5 Å². The fourth-order valence-corrected chi connectivity index (χ4v) is 2.79. The standard InChI is InChI=1S/C19H23N3O3/c1-13(2)19(15-5-6-16-17(10-15)25-9-8-24-16)21-18(23)7-4-14-11-20-22(3)12-14/h4-7,10-13,19H,8-9H2,1-3H3,(H,21,23)/b7-4+/t19-/m0/s1. The van der Waals surface area contributed by atoms with E-state index >= 15 is 0 Å². The zero-order valence-electron chi connectivity index (χ0n) is 14.7. The monoisotopic (exact) mass is 341 g/mol. The number of nitrogens with one attached hydrogen (secondary N) is 1. The first-order chi connectivity index (χ1) is 12.0. The lowest BCUT2D eigenvalue weighted by Crippen LogP contribution is -2.30. The maximum Gasteiger partial charge on any atom is 0.244 e. The summed E-state index contributed by atoms with van der Waals surface area (Å²) >= 11 is 0. The van der Waals surface area contributed by atoms with Gasteiger partial charge >= 0.3 is 0 Å². The van der Waals surface area contributed by atoms with Crippen molar-refractivity contribution in [2.75, 3.05) is 13.2 Å². The largest absolute Gasteiger partial charge is 0.486 e. The van der Waals surface area contributed by atoms with Crippen LogP contribution in [0.5, 0.6) is 11.5 Å². The third kappa shape index (κ3) is 4.21. The first-order valence-corrected chi connectivity index (χ1v) is 8.39. The molecule has 1 aliphatic heterocycles. The van der Waals surface area contributed by atoms with Crippen LogP contribution in [0, 0.1) is 5.92 Å². The number of hydrogen-bond donors (Lipinski definition) is 1. The Labute approximate surface area is 147 Å². The van der Waals surface area contributed by atoms with Gasteiger partial charge in [-0.25, -0.2) is 0 Å². The number of rotatable bonds is 5. The quantitative estimate of drug-likeness (QED) is 0.849. The second-order valence-corrected chi connectivity index (χ2v) is 6.41. The van der Waals surface area contributed by atoms with Gasteiger partial charge in [0.05, 0.1) is 12.2 Å². The number of carbonyl (C=O) groups is 1. The van der Waals surface area contributed by atoms with Gasteiger partial charge in [-0.3, -0.25) is 9.48 Å². The predicted octanol–water partition coefficient (Wildman–Crippen LogP) is 2.72. The molecule has 0 radical (unpaired) electrons. The summed E-state index contributed by atoms with van der Waals surface area (Å²) in [4.78, 5) is 12.3. The molecule has 2 aromatic rings. The molecule has 0 bridgehead atoms. The van der Waals surface area contributed by atoms with E-state index in [0.29, 0.717) is 13.2 Å². The van der Waals surface area contributed by atoms with Crippen molar-refractivity contribution < 1.29 is 14.3 Å². The molecule has 6 nitrogen and oxygen atoms in total. The van der Waals surface area contributed by atoms with E-state index in [0.717, 1.165) is 22.6 Å². The lowest BCUT2D eigenvalue weighted by Gasteiger charge is -2.25. The Bertz CT molecular complexity index is 780. The molecule has 1 N–H and O–H groups in total. The second-order valence-electron chi connectivity index (χ2n) is 6.41. The highest BCUT2D eigenvalue weighted by Gasteiger charge is 2.20. The smallest absolute Gasteiger partial charge is 0.244 e. The molecule has 3 rings (SSSR count). The molecule has 2 heterocycles. The zero-order chi connectivity index (χ0) is 17.8. The first kappa shape index (κ1) is 17.1. The lowest BCUT2D eigenvalue weighted by molar-refractivity contribution is -0.117. The summed E-state index contributed by atoms with van der Waals surface area (Å²) in [5.74, 6) is 1.57. The number of aromatic nitrogens is 2. The lowest BCUT2D eigenvalue weighted by atomic mass is 9.95. The van der Waals surface area contributed by atoms with Crippen LogP contribution < -0.4 is 14.8 Å². The minimum atomic E-state index is -0.141. The molecule has 1 atom stereocenters. The summed E-state index contributed by atoms with van der Waals surface area (Å²) in [6.45, 7) is 5.26. The van der Waals surface area contributed by atoms with Crippen LogP contribution in [0.4, 0.5) is 0 Å². The molecule has 1 aromatic heterocycles. The molecule has 0 unspecified atom stereocenters. The van der Waals surface area contributed by atoms with E-state index in [-0.39, 0.29) is 17.9 Å². The highest BCUT2D eigenvalue weighted by molar-refractivity contribution is 5.91. The van der Waals surface area contributed by atoms with Crippen molar-refractivity contribution in [1.29, 1.82) is 0 Å². The van der Waals surface area contributed by atoms with Crippen molar-refractivity contribution in [2.24, 2.45) is 13.0 Å². The zero-order valence-corrected chi connectivity index (χ0v) is 14.7.